The zero-order valence-corrected chi connectivity index (χ0v) is 30.5. The van der Waals surface area contributed by atoms with Gasteiger partial charge < -0.3 is 4.74 Å². The maximum Gasteiger partial charge on any atom is 0.137 e. The Morgan fingerprint density at radius 1 is 0.720 bits per heavy atom. The lowest BCUT2D eigenvalue weighted by molar-refractivity contribution is 0.481. The van der Waals surface area contributed by atoms with Gasteiger partial charge in [-0.1, -0.05) is 77.4 Å². The highest BCUT2D eigenvalue weighted by atomic mass is 16.5. The van der Waals surface area contributed by atoms with E-state index in [1.807, 2.05) is 6.20 Å². The lowest BCUT2D eigenvalue weighted by Crippen LogP contribution is -2.02. The van der Waals surface area contributed by atoms with E-state index in [0.717, 1.165) is 71.1 Å². The van der Waals surface area contributed by atoms with Crippen molar-refractivity contribution in [3.05, 3.63) is 131 Å². The van der Waals surface area contributed by atoms with Crippen LogP contribution in [0, 0.1) is 13.8 Å². The molecule has 0 spiro atoms. The molecule has 3 heterocycles. The summed E-state index contributed by atoms with van der Waals surface area (Å²) < 4.78 is 11.1. The van der Waals surface area contributed by atoms with Gasteiger partial charge in [0.1, 0.15) is 17.3 Å². The van der Waals surface area contributed by atoms with Crippen LogP contribution in [0.4, 0.5) is 0 Å². The van der Waals surface area contributed by atoms with E-state index >= 15 is 0 Å². The number of ether oxygens (including phenoxy) is 1. The van der Waals surface area contributed by atoms with Gasteiger partial charge in [0.05, 0.1) is 22.4 Å². The van der Waals surface area contributed by atoms with Crippen LogP contribution in [-0.2, 0) is 19.3 Å². The van der Waals surface area contributed by atoms with E-state index in [4.69, 9.17) is 14.8 Å². The van der Waals surface area contributed by atoms with Gasteiger partial charge in [0.15, 0.2) is 0 Å². The van der Waals surface area contributed by atoms with Crippen LogP contribution in [0.25, 0.3) is 44.4 Å². The third kappa shape index (κ3) is 6.10. The minimum atomic E-state index is 0.317. The van der Waals surface area contributed by atoms with E-state index in [0.29, 0.717) is 5.92 Å². The molecule has 0 unspecified atom stereocenters. The van der Waals surface area contributed by atoms with Crippen molar-refractivity contribution in [2.24, 2.45) is 0 Å². The van der Waals surface area contributed by atoms with Crippen molar-refractivity contribution in [1.82, 2.24) is 19.3 Å². The second-order valence-corrected chi connectivity index (χ2v) is 13.8. The van der Waals surface area contributed by atoms with Crippen LogP contribution in [0.2, 0.25) is 0 Å². The Kier molecular flexibility index (Phi) is 9.33. The van der Waals surface area contributed by atoms with Gasteiger partial charge in [-0.25, -0.2) is 9.67 Å². The number of aromatic nitrogens is 4. The standard InChI is InChI=1S/C45H48N4O/c1-8-11-15-32-22-23-46-43(24-32)48-41-19-13-12-18-39(41)40-21-20-37(28-42(40)48)50-38-26-35(29(4)5)25-36(27-38)49-31(7)44(30(6)47-49)45-33(9-2)16-14-17-34(45)10-3/h12-14,16-29H,8-11,15H2,1-7H3. The number of benzene rings is 4. The summed E-state index contributed by atoms with van der Waals surface area (Å²) in [4.78, 5) is 4.85. The van der Waals surface area contributed by atoms with E-state index in [2.05, 4.69) is 149 Å². The predicted molar refractivity (Wildman–Crippen MR) is 209 cm³/mol. The number of aryl methyl sites for hydroxylation is 4. The molecular weight excluding hydrogens is 613 g/mol. The van der Waals surface area contributed by atoms with Gasteiger partial charge in [-0.3, -0.25) is 4.57 Å². The summed E-state index contributed by atoms with van der Waals surface area (Å²) in [5, 5.41) is 7.53. The maximum atomic E-state index is 6.76. The first kappa shape index (κ1) is 33.3. The van der Waals surface area contributed by atoms with Crippen molar-refractivity contribution < 1.29 is 4.74 Å². The third-order valence-corrected chi connectivity index (χ3v) is 10.1. The SMILES string of the molecule is CCCCc1ccnc(-n2c3ccccc3c3ccc(Oc4cc(C(C)C)cc(-n5nc(C)c(-c6c(CC)cccc6CC)c5C)c4)cc32)c1. The molecule has 0 atom stereocenters. The Balaban J connectivity index is 1.32. The maximum absolute atomic E-state index is 6.76. The number of rotatable bonds is 11. The normalized spacial score (nSPS) is 11.7. The molecular formula is C45H48N4O. The lowest BCUT2D eigenvalue weighted by Gasteiger charge is -2.16. The molecule has 0 fully saturated rings. The summed E-state index contributed by atoms with van der Waals surface area (Å²) in [5.74, 6) is 2.83. The molecule has 0 amide bonds. The largest absolute Gasteiger partial charge is 0.457 e. The lowest BCUT2D eigenvalue weighted by atomic mass is 9.91. The molecule has 0 saturated carbocycles. The molecule has 0 bridgehead atoms. The van der Waals surface area contributed by atoms with Crippen molar-refractivity contribution in [3.8, 4) is 34.1 Å². The van der Waals surface area contributed by atoms with E-state index < -0.39 is 0 Å². The fourth-order valence-electron chi connectivity index (χ4n) is 7.46. The second-order valence-electron chi connectivity index (χ2n) is 13.8. The molecule has 0 aliphatic heterocycles. The van der Waals surface area contributed by atoms with Gasteiger partial charge in [-0.15, -0.1) is 0 Å². The van der Waals surface area contributed by atoms with Crippen LogP contribution in [0.5, 0.6) is 11.5 Å². The minimum Gasteiger partial charge on any atom is -0.457 e. The van der Waals surface area contributed by atoms with Crippen molar-refractivity contribution >= 4 is 21.8 Å². The predicted octanol–water partition coefficient (Wildman–Crippen LogP) is 12.0. The van der Waals surface area contributed by atoms with Crippen molar-refractivity contribution in [2.45, 2.75) is 86.5 Å². The first-order chi connectivity index (χ1) is 24.3. The van der Waals surface area contributed by atoms with Crippen molar-refractivity contribution in [1.29, 1.82) is 0 Å². The highest BCUT2D eigenvalue weighted by molar-refractivity contribution is 6.09. The molecule has 3 aromatic heterocycles. The number of unbranched alkanes of at least 4 members (excludes halogenated alkanes) is 1. The molecule has 5 heteroatoms. The van der Waals surface area contributed by atoms with E-state index in [1.165, 1.54) is 50.6 Å². The fourth-order valence-corrected chi connectivity index (χ4v) is 7.46. The highest BCUT2D eigenvalue weighted by Crippen LogP contribution is 2.38. The van der Waals surface area contributed by atoms with Crippen molar-refractivity contribution in [3.63, 3.8) is 0 Å². The molecule has 0 aliphatic rings. The fraction of sp³-hybridized carbons (Fsp3) is 0.289. The van der Waals surface area contributed by atoms with Gasteiger partial charge in [-0.05, 0) is 116 Å². The molecule has 254 valence electrons. The molecule has 0 saturated heterocycles. The van der Waals surface area contributed by atoms with Gasteiger partial charge in [0.2, 0.25) is 0 Å². The van der Waals surface area contributed by atoms with Crippen LogP contribution in [-0.4, -0.2) is 19.3 Å². The number of nitrogens with zero attached hydrogens (tertiary/aromatic N) is 4. The number of para-hydroxylation sites is 1. The number of fused-ring (bicyclic) bond motifs is 3. The molecule has 4 aromatic carbocycles. The average Bonchev–Trinajstić information content (AvgIpc) is 3.62. The molecule has 0 radical (unpaired) electrons. The van der Waals surface area contributed by atoms with E-state index in [1.54, 1.807) is 0 Å². The summed E-state index contributed by atoms with van der Waals surface area (Å²) >= 11 is 0. The Morgan fingerprint density at radius 2 is 1.48 bits per heavy atom. The molecule has 5 nitrogen and oxygen atoms in total. The second kappa shape index (κ2) is 14.0. The minimum absolute atomic E-state index is 0.317. The van der Waals surface area contributed by atoms with Crippen LogP contribution in [0.3, 0.4) is 0 Å². The quantitative estimate of drug-likeness (QED) is 0.139. The average molecular weight is 661 g/mol. The number of hydrogen-bond donors (Lipinski definition) is 0. The Morgan fingerprint density at radius 3 is 2.22 bits per heavy atom. The summed E-state index contributed by atoms with van der Waals surface area (Å²) in [6.07, 6.45) is 7.29. The van der Waals surface area contributed by atoms with Gasteiger partial charge in [-0.2, -0.15) is 5.10 Å². The monoisotopic (exact) mass is 660 g/mol. The first-order valence-corrected chi connectivity index (χ1v) is 18.3. The zero-order chi connectivity index (χ0) is 34.9. The number of pyridine rings is 1. The Bertz CT molecular complexity index is 2300. The number of hydrogen-bond acceptors (Lipinski definition) is 3. The summed E-state index contributed by atoms with van der Waals surface area (Å²) in [7, 11) is 0. The van der Waals surface area contributed by atoms with Crippen molar-refractivity contribution in [2.75, 3.05) is 0 Å². The summed E-state index contributed by atoms with van der Waals surface area (Å²) in [5.41, 5.74) is 13.2. The van der Waals surface area contributed by atoms with Crippen LogP contribution in [0.1, 0.15) is 87.0 Å². The first-order valence-electron chi connectivity index (χ1n) is 18.3. The Labute approximate surface area is 296 Å². The third-order valence-electron chi connectivity index (χ3n) is 10.1. The van der Waals surface area contributed by atoms with Crippen LogP contribution in [0.15, 0.2) is 97.2 Å². The van der Waals surface area contributed by atoms with Gasteiger partial charge >= 0.3 is 0 Å². The molecule has 0 aliphatic carbocycles. The van der Waals surface area contributed by atoms with E-state index in [9.17, 15) is 0 Å². The van der Waals surface area contributed by atoms with Gasteiger partial charge in [0.25, 0.3) is 0 Å². The molecule has 0 N–H and O–H groups in total. The van der Waals surface area contributed by atoms with Gasteiger partial charge in [0, 0.05) is 40.4 Å². The van der Waals surface area contributed by atoms with Crippen LogP contribution >= 0.6 is 0 Å². The highest BCUT2D eigenvalue weighted by Gasteiger charge is 2.21. The van der Waals surface area contributed by atoms with E-state index in [-0.39, 0.29) is 0 Å². The summed E-state index contributed by atoms with van der Waals surface area (Å²) in [6.45, 7) is 15.5. The molecule has 7 aromatic rings. The zero-order valence-electron chi connectivity index (χ0n) is 30.5. The smallest absolute Gasteiger partial charge is 0.137 e. The molecule has 50 heavy (non-hydrogen) atoms. The topological polar surface area (TPSA) is 44.9 Å². The van der Waals surface area contributed by atoms with Crippen LogP contribution < -0.4 is 4.74 Å². The Hall–Kier alpha value is -5.16. The summed E-state index contributed by atoms with van der Waals surface area (Å²) in [6, 6.07) is 32.6. The molecule has 7 rings (SSSR count).